The highest BCUT2D eigenvalue weighted by atomic mass is 32.2. The largest absolute Gasteiger partial charge is 0.461 e. The quantitative estimate of drug-likeness (QED) is 0.212. The monoisotopic (exact) mass is 525 g/mol. The van der Waals surface area contributed by atoms with E-state index in [2.05, 4.69) is 14.8 Å². The summed E-state index contributed by atoms with van der Waals surface area (Å²) in [5.41, 5.74) is 0. The number of esters is 3. The smallest absolute Gasteiger partial charge is 0.371 e. The Balaban J connectivity index is 4.94. The first-order chi connectivity index (χ1) is 15.8. The van der Waals surface area contributed by atoms with Gasteiger partial charge in [0.1, 0.15) is 6.04 Å². The Kier molecular flexibility index (Phi) is 15.0. The van der Waals surface area contributed by atoms with Crippen LogP contribution in [-0.2, 0) is 42.9 Å². The van der Waals surface area contributed by atoms with E-state index in [9.17, 15) is 28.8 Å². The number of thioether (sulfide) groups is 2. The third-order valence-corrected chi connectivity index (χ3v) is 5.40. The van der Waals surface area contributed by atoms with Crippen molar-refractivity contribution in [3.05, 3.63) is 0 Å². The highest BCUT2D eigenvalue weighted by Crippen LogP contribution is 2.27. The maximum atomic E-state index is 12.7. The number of ether oxygens (including phenoxy) is 5. The van der Waals surface area contributed by atoms with Gasteiger partial charge in [0.05, 0.1) is 10.9 Å². The van der Waals surface area contributed by atoms with Gasteiger partial charge in [-0.1, -0.05) is 13.8 Å². The van der Waals surface area contributed by atoms with E-state index in [0.717, 1.165) is 0 Å². The molecule has 12 nitrogen and oxygen atoms in total. The molecule has 0 aromatic heterocycles. The molecular formula is C20H31NO11S2. The van der Waals surface area contributed by atoms with Crippen LogP contribution < -0.4 is 5.32 Å². The Labute approximate surface area is 206 Å². The zero-order valence-electron chi connectivity index (χ0n) is 20.0. The van der Waals surface area contributed by atoms with Crippen LogP contribution in [0.2, 0.25) is 0 Å². The molecule has 0 rings (SSSR count). The molecular weight excluding hydrogens is 494 g/mol. The molecule has 34 heavy (non-hydrogen) atoms. The summed E-state index contributed by atoms with van der Waals surface area (Å²) in [6.45, 7) is 8.04. The minimum atomic E-state index is -1.39. The number of amides is 1. The van der Waals surface area contributed by atoms with Gasteiger partial charge in [-0.3, -0.25) is 14.4 Å². The van der Waals surface area contributed by atoms with Crippen molar-refractivity contribution in [1.82, 2.24) is 5.32 Å². The molecule has 0 bridgehead atoms. The van der Waals surface area contributed by atoms with E-state index < -0.39 is 64.9 Å². The van der Waals surface area contributed by atoms with Gasteiger partial charge in [0.2, 0.25) is 19.5 Å². The Morgan fingerprint density at radius 1 is 0.824 bits per heavy atom. The van der Waals surface area contributed by atoms with Crippen LogP contribution in [0.3, 0.4) is 0 Å². The maximum absolute atomic E-state index is 12.7. The highest BCUT2D eigenvalue weighted by molar-refractivity contribution is 8.15. The van der Waals surface area contributed by atoms with Crippen molar-refractivity contribution in [1.29, 1.82) is 0 Å². The summed E-state index contributed by atoms with van der Waals surface area (Å²) in [5, 5.41) is 0.744. The van der Waals surface area contributed by atoms with Crippen molar-refractivity contribution in [3.63, 3.8) is 0 Å². The summed E-state index contributed by atoms with van der Waals surface area (Å²) < 4.78 is 22.5. The second-order valence-electron chi connectivity index (χ2n) is 7.20. The third-order valence-electron chi connectivity index (χ3n) is 3.57. The van der Waals surface area contributed by atoms with E-state index >= 15 is 0 Å². The van der Waals surface area contributed by atoms with Crippen molar-refractivity contribution in [2.45, 2.75) is 71.3 Å². The number of hydrogen-bond donors (Lipinski definition) is 1. The second-order valence-corrected chi connectivity index (χ2v) is 9.71. The standard InChI is InChI=1S/C20H31NO11S2/c1-7-14(22)28-10-30-18(26)33-9-13(16(24)32-12(3)4)21-17(25)20(5,6)34-19(27)31-11-29-15(23)8-2/h12-13H,7-11H2,1-6H3,(H,21,25)/t13-/m0/s1. The van der Waals surface area contributed by atoms with Gasteiger partial charge in [-0.2, -0.15) is 0 Å². The molecule has 0 unspecified atom stereocenters. The zero-order chi connectivity index (χ0) is 26.3. The Morgan fingerprint density at radius 2 is 1.32 bits per heavy atom. The first-order valence-electron chi connectivity index (χ1n) is 10.3. The van der Waals surface area contributed by atoms with E-state index in [1.807, 2.05) is 0 Å². The first kappa shape index (κ1) is 31.5. The Morgan fingerprint density at radius 3 is 1.79 bits per heavy atom. The van der Waals surface area contributed by atoms with Crippen LogP contribution in [0.1, 0.15) is 54.4 Å². The molecule has 0 radical (unpaired) electrons. The van der Waals surface area contributed by atoms with Gasteiger partial charge in [0.25, 0.3) is 0 Å². The average Bonchev–Trinajstić information content (AvgIpc) is 2.74. The van der Waals surface area contributed by atoms with Crippen LogP contribution in [-0.4, -0.2) is 70.6 Å². The van der Waals surface area contributed by atoms with Crippen molar-refractivity contribution in [3.8, 4) is 0 Å². The van der Waals surface area contributed by atoms with Gasteiger partial charge in [0.15, 0.2) is 0 Å². The summed E-state index contributed by atoms with van der Waals surface area (Å²) in [5.74, 6) is -2.85. The number of nitrogens with one attached hydrogen (secondary N) is 1. The van der Waals surface area contributed by atoms with Gasteiger partial charge >= 0.3 is 28.5 Å². The Bertz CT molecular complexity index is 740. The van der Waals surface area contributed by atoms with E-state index in [-0.39, 0.29) is 18.6 Å². The number of hydrogen-bond acceptors (Lipinski definition) is 13. The molecule has 0 saturated carbocycles. The average molecular weight is 526 g/mol. The number of rotatable bonds is 13. The molecule has 0 heterocycles. The minimum Gasteiger partial charge on any atom is -0.461 e. The summed E-state index contributed by atoms with van der Waals surface area (Å²) in [4.78, 5) is 71.1. The van der Waals surface area contributed by atoms with Gasteiger partial charge in [-0.05, 0) is 51.2 Å². The highest BCUT2D eigenvalue weighted by Gasteiger charge is 2.36. The SMILES string of the molecule is CCC(=O)OCOC(=O)SC[C@H](NC(=O)C(C)(C)SC(=O)OCOC(=O)CC)C(=O)OC(C)C. The van der Waals surface area contributed by atoms with Crippen molar-refractivity contribution >= 4 is 57.9 Å². The molecule has 14 heteroatoms. The topological polar surface area (TPSA) is 161 Å². The van der Waals surface area contributed by atoms with Gasteiger partial charge in [-0.25, -0.2) is 14.4 Å². The van der Waals surface area contributed by atoms with E-state index in [4.69, 9.17) is 14.2 Å². The molecule has 0 aromatic rings. The summed E-state index contributed by atoms with van der Waals surface area (Å²) in [7, 11) is 0. The van der Waals surface area contributed by atoms with Crippen molar-refractivity contribution in [2.24, 2.45) is 0 Å². The molecule has 194 valence electrons. The molecule has 0 aliphatic rings. The van der Waals surface area contributed by atoms with Crippen molar-refractivity contribution in [2.75, 3.05) is 19.3 Å². The van der Waals surface area contributed by atoms with Gasteiger partial charge in [0, 0.05) is 18.6 Å². The van der Waals surface area contributed by atoms with Gasteiger partial charge in [-0.15, -0.1) is 0 Å². The van der Waals surface area contributed by atoms with Crippen LogP contribution in [0.15, 0.2) is 0 Å². The molecule has 0 aromatic carbocycles. The predicted octanol–water partition coefficient (Wildman–Crippen LogP) is 2.76. The Hall–Kier alpha value is -2.48. The fourth-order valence-electron chi connectivity index (χ4n) is 1.78. The summed E-state index contributed by atoms with van der Waals surface area (Å²) >= 11 is 1.08. The zero-order valence-corrected chi connectivity index (χ0v) is 21.6. The molecule has 1 amide bonds. The van der Waals surface area contributed by atoms with Gasteiger partial charge < -0.3 is 29.0 Å². The molecule has 0 aliphatic heterocycles. The van der Waals surface area contributed by atoms with E-state index in [1.54, 1.807) is 27.7 Å². The third kappa shape index (κ3) is 13.9. The van der Waals surface area contributed by atoms with Crippen LogP contribution in [0, 0.1) is 0 Å². The first-order valence-corrected chi connectivity index (χ1v) is 12.1. The molecule has 1 N–H and O–H groups in total. The lowest BCUT2D eigenvalue weighted by molar-refractivity contribution is -0.152. The lowest BCUT2D eigenvalue weighted by Crippen LogP contribution is -2.50. The molecule has 0 fully saturated rings. The summed E-state index contributed by atoms with van der Waals surface area (Å²) in [6, 6.07) is -1.24. The van der Waals surface area contributed by atoms with Crippen LogP contribution in [0.25, 0.3) is 0 Å². The normalized spacial score (nSPS) is 11.7. The fraction of sp³-hybridized carbons (Fsp3) is 0.700. The molecule has 0 saturated heterocycles. The predicted molar refractivity (Wildman–Crippen MR) is 123 cm³/mol. The van der Waals surface area contributed by atoms with Crippen LogP contribution in [0.4, 0.5) is 9.59 Å². The van der Waals surface area contributed by atoms with E-state index in [0.29, 0.717) is 23.5 Å². The lowest BCUT2D eigenvalue weighted by Gasteiger charge is -2.25. The van der Waals surface area contributed by atoms with Crippen LogP contribution in [0.5, 0.6) is 0 Å². The lowest BCUT2D eigenvalue weighted by atomic mass is 10.2. The van der Waals surface area contributed by atoms with Crippen molar-refractivity contribution < 1.29 is 52.5 Å². The minimum absolute atomic E-state index is 0.113. The summed E-state index contributed by atoms with van der Waals surface area (Å²) in [6.07, 6.45) is -0.257. The molecule has 1 atom stereocenters. The number of carbonyl (C=O) groups excluding carboxylic acids is 6. The fourth-order valence-corrected chi connectivity index (χ4v) is 3.11. The maximum Gasteiger partial charge on any atom is 0.371 e. The van der Waals surface area contributed by atoms with E-state index in [1.165, 1.54) is 13.8 Å². The molecule has 0 spiro atoms. The molecule has 0 aliphatic carbocycles. The van der Waals surface area contributed by atoms with Crippen LogP contribution >= 0.6 is 23.5 Å². The second kappa shape index (κ2) is 16.2. The number of carbonyl (C=O) groups is 6.